The highest BCUT2D eigenvalue weighted by Crippen LogP contribution is 2.37. The van der Waals surface area contributed by atoms with E-state index < -0.39 is 16.7 Å². The number of carbonyl (C=O) groups is 1. The Kier molecular flexibility index (Phi) is 7.88. The van der Waals surface area contributed by atoms with Crippen molar-refractivity contribution in [2.24, 2.45) is 0 Å². The van der Waals surface area contributed by atoms with Crippen LogP contribution in [0.1, 0.15) is 11.1 Å². The molecule has 0 aliphatic carbocycles. The van der Waals surface area contributed by atoms with E-state index in [1.807, 2.05) is 0 Å². The number of rotatable bonds is 8. The lowest BCUT2D eigenvalue weighted by Gasteiger charge is -2.12. The average molecular weight is 450 g/mol. The molecular weight excluding hydrogens is 435 g/mol. The molecule has 0 radical (unpaired) electrons. The summed E-state index contributed by atoms with van der Waals surface area (Å²) < 4.78 is 48.5. The quantitative estimate of drug-likeness (QED) is 0.300. The minimum absolute atomic E-state index is 0.0553. The molecule has 29 heavy (non-hydrogen) atoms. The van der Waals surface area contributed by atoms with Gasteiger partial charge in [-0.15, -0.1) is 0 Å². The molecule has 0 aliphatic heterocycles. The summed E-state index contributed by atoms with van der Waals surface area (Å²) in [5, 5.41) is 10.6. The molecule has 156 valence electrons. The fourth-order valence-corrected chi connectivity index (χ4v) is 3.23. The van der Waals surface area contributed by atoms with Gasteiger partial charge in [0, 0.05) is 30.9 Å². The number of nitro groups is 1. The fourth-order valence-electron chi connectivity index (χ4n) is 2.28. The lowest BCUT2D eigenvalue weighted by molar-refractivity contribution is -0.385. The van der Waals surface area contributed by atoms with Gasteiger partial charge < -0.3 is 9.47 Å². The van der Waals surface area contributed by atoms with Gasteiger partial charge in [0.05, 0.1) is 22.1 Å². The second-order valence-electron chi connectivity index (χ2n) is 5.68. The number of ether oxygens (including phenoxy) is 2. The van der Waals surface area contributed by atoms with Gasteiger partial charge in [0.2, 0.25) is 0 Å². The molecule has 0 heterocycles. The second-order valence-corrected chi connectivity index (χ2v) is 7.24. The van der Waals surface area contributed by atoms with Crippen LogP contribution < -0.4 is 4.74 Å². The zero-order chi connectivity index (χ0) is 21.6. The Labute approximate surface area is 173 Å². The first kappa shape index (κ1) is 23.0. The summed E-state index contributed by atoms with van der Waals surface area (Å²) in [4.78, 5) is 22.6. The van der Waals surface area contributed by atoms with E-state index in [0.717, 1.165) is 36.0 Å². The van der Waals surface area contributed by atoms with Crippen molar-refractivity contribution in [3.8, 4) is 11.5 Å². The van der Waals surface area contributed by atoms with E-state index in [9.17, 15) is 28.1 Å². The molecule has 2 rings (SSSR count). The molecule has 0 unspecified atom stereocenters. The summed E-state index contributed by atoms with van der Waals surface area (Å²) in [6.45, 7) is 0.355. The van der Waals surface area contributed by atoms with Crippen molar-refractivity contribution >= 4 is 34.2 Å². The van der Waals surface area contributed by atoms with E-state index in [1.165, 1.54) is 19.2 Å². The minimum Gasteiger partial charge on any atom is -0.456 e. The molecule has 11 heteroatoms. The van der Waals surface area contributed by atoms with Crippen molar-refractivity contribution in [1.82, 2.24) is 0 Å². The highest BCUT2D eigenvalue weighted by atomic mass is 35.5. The molecule has 0 spiro atoms. The van der Waals surface area contributed by atoms with Gasteiger partial charge in [0.15, 0.2) is 5.12 Å². The van der Waals surface area contributed by atoms with Crippen LogP contribution in [0.25, 0.3) is 0 Å². The summed E-state index contributed by atoms with van der Waals surface area (Å²) in [5.74, 6) is 0.447. The summed E-state index contributed by atoms with van der Waals surface area (Å²) >= 11 is 6.84. The maximum absolute atomic E-state index is 12.7. The number of nitro benzene ring substituents is 1. The fraction of sp³-hybridized carbons (Fsp3) is 0.278. The number of alkyl halides is 3. The van der Waals surface area contributed by atoms with Crippen molar-refractivity contribution in [2.45, 2.75) is 12.6 Å². The van der Waals surface area contributed by atoms with E-state index in [1.54, 1.807) is 0 Å². The predicted molar refractivity (Wildman–Crippen MR) is 103 cm³/mol. The second kappa shape index (κ2) is 9.95. The maximum Gasteiger partial charge on any atom is 0.416 e. The number of hydrogen-bond donors (Lipinski definition) is 0. The van der Waals surface area contributed by atoms with Crippen LogP contribution in [-0.2, 0) is 22.1 Å². The van der Waals surface area contributed by atoms with Crippen molar-refractivity contribution in [2.75, 3.05) is 19.5 Å². The van der Waals surface area contributed by atoms with Gasteiger partial charge in [0.1, 0.15) is 11.5 Å². The summed E-state index contributed by atoms with van der Waals surface area (Å²) in [6.07, 6.45) is -4.77. The topological polar surface area (TPSA) is 78.7 Å². The third-order valence-corrected chi connectivity index (χ3v) is 4.75. The van der Waals surface area contributed by atoms with Crippen LogP contribution in [0, 0.1) is 10.1 Å². The molecule has 0 atom stereocenters. The molecule has 6 nitrogen and oxygen atoms in total. The number of benzene rings is 2. The average Bonchev–Trinajstić information content (AvgIpc) is 2.62. The molecule has 2 aromatic carbocycles. The van der Waals surface area contributed by atoms with Crippen LogP contribution in [0.4, 0.5) is 18.9 Å². The normalized spacial score (nSPS) is 11.3. The van der Waals surface area contributed by atoms with Crippen molar-refractivity contribution < 1.29 is 32.4 Å². The van der Waals surface area contributed by atoms with E-state index in [4.69, 9.17) is 21.1 Å². The first-order valence-electron chi connectivity index (χ1n) is 8.08. The largest absolute Gasteiger partial charge is 0.456 e. The molecule has 2 aromatic rings. The van der Waals surface area contributed by atoms with Crippen LogP contribution in [0.3, 0.4) is 0 Å². The Morgan fingerprint density at radius 3 is 2.55 bits per heavy atom. The molecule has 0 aliphatic rings. The van der Waals surface area contributed by atoms with E-state index in [2.05, 4.69) is 0 Å². The minimum atomic E-state index is -4.55. The van der Waals surface area contributed by atoms with Crippen LogP contribution in [-0.4, -0.2) is 29.5 Å². The van der Waals surface area contributed by atoms with Crippen molar-refractivity contribution in [3.05, 3.63) is 62.7 Å². The Bertz CT molecular complexity index is 908. The number of hydrogen-bond acceptors (Lipinski definition) is 6. The lowest BCUT2D eigenvalue weighted by Crippen LogP contribution is -2.05. The third-order valence-electron chi connectivity index (χ3n) is 3.62. The molecule has 0 saturated heterocycles. The predicted octanol–water partition coefficient (Wildman–Crippen LogP) is 5.51. The van der Waals surface area contributed by atoms with Gasteiger partial charge >= 0.3 is 6.18 Å². The number of methoxy groups -OCH3 is 1. The van der Waals surface area contributed by atoms with Gasteiger partial charge in [-0.1, -0.05) is 23.4 Å². The third kappa shape index (κ3) is 6.62. The van der Waals surface area contributed by atoms with Gasteiger partial charge in [-0.05, 0) is 30.3 Å². The van der Waals surface area contributed by atoms with Crippen LogP contribution >= 0.6 is 23.4 Å². The number of thioether (sulfide) groups is 1. The molecular formula is C18H15ClF3NO5S. The van der Waals surface area contributed by atoms with Gasteiger partial charge in [0.25, 0.3) is 5.69 Å². The van der Waals surface area contributed by atoms with Gasteiger partial charge in [-0.25, -0.2) is 0 Å². The molecule has 0 saturated carbocycles. The Morgan fingerprint density at radius 2 is 1.97 bits per heavy atom. The summed E-state index contributed by atoms with van der Waals surface area (Å²) in [6, 6.07) is 6.31. The molecule has 0 amide bonds. The Hall–Kier alpha value is -2.30. The van der Waals surface area contributed by atoms with Crippen LogP contribution in [0.15, 0.2) is 36.4 Å². The van der Waals surface area contributed by atoms with Crippen LogP contribution in [0.5, 0.6) is 11.5 Å². The van der Waals surface area contributed by atoms with E-state index in [0.29, 0.717) is 12.4 Å². The SMILES string of the molecule is COCCSC(=O)Cc1cc(Oc2ccc(C(F)(F)F)cc2Cl)ccc1[N+](=O)[O-]. The Balaban J connectivity index is 2.24. The maximum atomic E-state index is 12.7. The molecule has 0 bridgehead atoms. The first-order chi connectivity index (χ1) is 13.6. The van der Waals surface area contributed by atoms with Gasteiger partial charge in [-0.3, -0.25) is 14.9 Å². The zero-order valence-electron chi connectivity index (χ0n) is 15.0. The summed E-state index contributed by atoms with van der Waals surface area (Å²) in [7, 11) is 1.49. The standard InChI is InChI=1S/C18H15ClF3NO5S/c1-27-6-7-29-17(24)9-11-8-13(3-4-15(11)23(25)26)28-16-5-2-12(10-14(16)19)18(20,21)22/h2-5,8,10H,6-7,9H2,1H3. The van der Waals surface area contributed by atoms with Crippen LogP contribution in [0.2, 0.25) is 5.02 Å². The smallest absolute Gasteiger partial charge is 0.416 e. The molecule has 0 N–H and O–H groups in total. The number of halogens is 4. The van der Waals surface area contributed by atoms with E-state index in [-0.39, 0.29) is 39.3 Å². The van der Waals surface area contributed by atoms with Gasteiger partial charge in [-0.2, -0.15) is 13.2 Å². The van der Waals surface area contributed by atoms with E-state index >= 15 is 0 Å². The first-order valence-corrected chi connectivity index (χ1v) is 9.44. The van der Waals surface area contributed by atoms with Crippen molar-refractivity contribution in [3.63, 3.8) is 0 Å². The van der Waals surface area contributed by atoms with Crippen molar-refractivity contribution in [1.29, 1.82) is 0 Å². The number of carbonyl (C=O) groups excluding carboxylic acids is 1. The molecule has 0 aromatic heterocycles. The summed E-state index contributed by atoms with van der Waals surface area (Å²) in [5.41, 5.74) is -1.08. The highest BCUT2D eigenvalue weighted by molar-refractivity contribution is 8.13. The monoisotopic (exact) mass is 449 g/mol. The molecule has 0 fully saturated rings. The Morgan fingerprint density at radius 1 is 1.24 bits per heavy atom. The lowest BCUT2D eigenvalue weighted by atomic mass is 10.1. The zero-order valence-corrected chi connectivity index (χ0v) is 16.6. The highest BCUT2D eigenvalue weighted by Gasteiger charge is 2.31. The number of nitrogens with zero attached hydrogens (tertiary/aromatic N) is 1.